The van der Waals surface area contributed by atoms with Crippen molar-refractivity contribution >= 4 is 7.75 Å². The van der Waals surface area contributed by atoms with Crippen LogP contribution in [0.1, 0.15) is 69.4 Å². The van der Waals surface area contributed by atoms with Crippen LogP contribution in [0.3, 0.4) is 0 Å². The molecular weight excluding hydrogens is 381 g/mol. The van der Waals surface area contributed by atoms with Crippen molar-refractivity contribution in [2.45, 2.75) is 58.3 Å². The Kier molecular flexibility index (Phi) is 8.08. The molecule has 0 aromatic heterocycles. The van der Waals surface area contributed by atoms with Gasteiger partial charge in [0.05, 0.1) is 13.2 Å². The van der Waals surface area contributed by atoms with E-state index in [1.807, 2.05) is 13.8 Å². The molecule has 1 fully saturated rings. The zero-order chi connectivity index (χ0) is 20.7. The zero-order valence-corrected chi connectivity index (χ0v) is 18.8. The van der Waals surface area contributed by atoms with Gasteiger partial charge < -0.3 is 0 Å². The van der Waals surface area contributed by atoms with Gasteiger partial charge in [0.2, 0.25) is 0 Å². The van der Waals surface area contributed by atoms with Crippen molar-refractivity contribution in [3.63, 3.8) is 0 Å². The molecule has 0 spiro atoms. The molecule has 0 bridgehead atoms. The van der Waals surface area contributed by atoms with Gasteiger partial charge in [0.25, 0.3) is 0 Å². The van der Waals surface area contributed by atoms with Crippen molar-refractivity contribution in [3.8, 4) is 11.1 Å². The molecule has 4 nitrogen and oxygen atoms in total. The van der Waals surface area contributed by atoms with Crippen LogP contribution in [0, 0.1) is 0 Å². The minimum absolute atomic E-state index is 0.197. The Labute approximate surface area is 175 Å². The summed E-state index contributed by atoms with van der Waals surface area (Å²) >= 11 is 0. The van der Waals surface area contributed by atoms with Crippen LogP contribution in [0.2, 0.25) is 0 Å². The summed E-state index contributed by atoms with van der Waals surface area (Å²) in [6, 6.07) is 17.7. The van der Waals surface area contributed by atoms with E-state index in [0.29, 0.717) is 19.8 Å². The molecule has 3 rings (SSSR count). The predicted molar refractivity (Wildman–Crippen MR) is 120 cm³/mol. The summed E-state index contributed by atoms with van der Waals surface area (Å²) < 4.78 is 23.2. The second-order valence-corrected chi connectivity index (χ2v) is 9.65. The highest BCUT2D eigenvalue weighted by Crippen LogP contribution is 2.43. The highest BCUT2D eigenvalue weighted by Gasteiger charge is 2.24. The van der Waals surface area contributed by atoms with Crippen LogP contribution < -0.4 is 5.09 Å². The second kappa shape index (κ2) is 10.5. The van der Waals surface area contributed by atoms with E-state index in [0.717, 1.165) is 5.92 Å². The summed E-state index contributed by atoms with van der Waals surface area (Å²) in [5.41, 5.74) is 5.15. The second-order valence-electron chi connectivity index (χ2n) is 7.82. The Morgan fingerprint density at radius 2 is 1.45 bits per heavy atom. The minimum atomic E-state index is -3.22. The Balaban J connectivity index is 1.61. The number of hydrogen-bond donors (Lipinski definition) is 1. The lowest BCUT2D eigenvalue weighted by Gasteiger charge is -2.20. The molecule has 158 valence electrons. The molecule has 0 radical (unpaired) electrons. The summed E-state index contributed by atoms with van der Waals surface area (Å²) in [5.74, 6) is 0.951. The van der Waals surface area contributed by atoms with E-state index >= 15 is 0 Å². The van der Waals surface area contributed by atoms with E-state index in [1.165, 1.54) is 47.9 Å². The topological polar surface area (TPSA) is 47.6 Å². The van der Waals surface area contributed by atoms with Gasteiger partial charge in [-0.05, 0) is 60.8 Å². The van der Waals surface area contributed by atoms with Gasteiger partial charge in [-0.2, -0.15) is 0 Å². The van der Waals surface area contributed by atoms with Gasteiger partial charge in [0, 0.05) is 6.54 Å². The molecule has 1 saturated carbocycles. The fourth-order valence-electron chi connectivity index (χ4n) is 4.05. The lowest BCUT2D eigenvalue weighted by molar-refractivity contribution is 0.210. The lowest BCUT2D eigenvalue weighted by atomic mass is 9.94. The molecule has 0 saturated heterocycles. The number of rotatable bonds is 10. The standard InChI is InChI=1S/C24H34NO3P/c1-4-27-29(26,28-5-2)25-18-19(3)20-10-12-23(13-11-20)24-16-14-22(15-17-24)21-8-6-7-9-21/h10-17,19,21H,4-9,18H2,1-3H3,(H,25,26). The Bertz CT molecular complexity index is 788. The third-order valence-electron chi connectivity index (χ3n) is 5.74. The maximum atomic E-state index is 12.6. The molecule has 1 aliphatic carbocycles. The predicted octanol–water partition coefficient (Wildman–Crippen LogP) is 6.89. The number of nitrogens with one attached hydrogen (secondary N) is 1. The van der Waals surface area contributed by atoms with Gasteiger partial charge in [0.1, 0.15) is 0 Å². The third-order valence-corrected chi connectivity index (χ3v) is 7.51. The Hall–Kier alpha value is -1.45. The molecule has 1 atom stereocenters. The van der Waals surface area contributed by atoms with Crippen LogP contribution in [0.25, 0.3) is 11.1 Å². The van der Waals surface area contributed by atoms with Gasteiger partial charge in [0.15, 0.2) is 0 Å². The fourth-order valence-corrected chi connectivity index (χ4v) is 5.48. The highest BCUT2D eigenvalue weighted by atomic mass is 31.2. The van der Waals surface area contributed by atoms with Crippen LogP contribution in [0.4, 0.5) is 0 Å². The normalized spacial score (nSPS) is 16.2. The molecule has 1 aliphatic rings. The summed E-state index contributed by atoms with van der Waals surface area (Å²) in [4.78, 5) is 0. The van der Waals surface area contributed by atoms with Crippen LogP contribution in [0.5, 0.6) is 0 Å². The third kappa shape index (κ3) is 6.02. The first-order chi connectivity index (χ1) is 14.0. The van der Waals surface area contributed by atoms with E-state index in [2.05, 4.69) is 60.5 Å². The van der Waals surface area contributed by atoms with Crippen molar-refractivity contribution in [1.29, 1.82) is 0 Å². The molecule has 0 heterocycles. The average Bonchev–Trinajstić information content (AvgIpc) is 3.28. The number of benzene rings is 2. The summed E-state index contributed by atoms with van der Waals surface area (Å²) in [5, 5.41) is 2.99. The first-order valence-electron chi connectivity index (χ1n) is 10.9. The molecule has 0 amide bonds. The maximum Gasteiger partial charge on any atom is 0.405 e. The first-order valence-corrected chi connectivity index (χ1v) is 12.4. The van der Waals surface area contributed by atoms with Crippen molar-refractivity contribution in [1.82, 2.24) is 5.09 Å². The summed E-state index contributed by atoms with van der Waals surface area (Å²) in [6.45, 7) is 6.98. The molecule has 1 N–H and O–H groups in total. The van der Waals surface area contributed by atoms with Gasteiger partial charge in [-0.15, -0.1) is 0 Å². The van der Waals surface area contributed by atoms with Gasteiger partial charge >= 0.3 is 7.75 Å². The maximum absolute atomic E-state index is 12.6. The average molecular weight is 416 g/mol. The number of hydrogen-bond acceptors (Lipinski definition) is 3. The molecule has 5 heteroatoms. The van der Waals surface area contributed by atoms with Gasteiger partial charge in [-0.3, -0.25) is 9.05 Å². The van der Waals surface area contributed by atoms with Crippen LogP contribution in [-0.2, 0) is 13.6 Å². The van der Waals surface area contributed by atoms with E-state index in [1.54, 1.807) is 0 Å². The summed E-state index contributed by atoms with van der Waals surface area (Å²) in [7, 11) is -3.22. The smallest absolute Gasteiger partial charge is 0.297 e. The van der Waals surface area contributed by atoms with Crippen LogP contribution in [-0.4, -0.2) is 19.8 Å². The van der Waals surface area contributed by atoms with Crippen LogP contribution >= 0.6 is 7.75 Å². The monoisotopic (exact) mass is 415 g/mol. The molecular formula is C24H34NO3P. The summed E-state index contributed by atoms with van der Waals surface area (Å²) in [6.07, 6.45) is 5.40. The van der Waals surface area contributed by atoms with E-state index in [4.69, 9.17) is 9.05 Å². The van der Waals surface area contributed by atoms with Crippen molar-refractivity contribution in [2.75, 3.05) is 19.8 Å². The van der Waals surface area contributed by atoms with E-state index in [-0.39, 0.29) is 5.92 Å². The SMILES string of the molecule is CCOP(=O)(NCC(C)c1ccc(-c2ccc(C3CCCC3)cc2)cc1)OCC. The van der Waals surface area contributed by atoms with Crippen molar-refractivity contribution in [3.05, 3.63) is 59.7 Å². The van der Waals surface area contributed by atoms with Crippen molar-refractivity contribution < 1.29 is 13.6 Å². The molecule has 1 unspecified atom stereocenters. The first kappa shape index (κ1) is 22.2. The lowest BCUT2D eigenvalue weighted by Crippen LogP contribution is -2.20. The van der Waals surface area contributed by atoms with E-state index < -0.39 is 7.75 Å². The largest absolute Gasteiger partial charge is 0.405 e. The Morgan fingerprint density at radius 3 is 1.97 bits per heavy atom. The van der Waals surface area contributed by atoms with E-state index in [9.17, 15) is 4.57 Å². The minimum Gasteiger partial charge on any atom is -0.297 e. The van der Waals surface area contributed by atoms with Gasteiger partial charge in [-0.25, -0.2) is 9.65 Å². The molecule has 2 aromatic rings. The zero-order valence-electron chi connectivity index (χ0n) is 17.9. The highest BCUT2D eigenvalue weighted by molar-refractivity contribution is 7.51. The van der Waals surface area contributed by atoms with Crippen LogP contribution in [0.15, 0.2) is 48.5 Å². The molecule has 2 aromatic carbocycles. The fraction of sp³-hybridized carbons (Fsp3) is 0.500. The molecule has 0 aliphatic heterocycles. The van der Waals surface area contributed by atoms with Gasteiger partial charge in [-0.1, -0.05) is 68.3 Å². The van der Waals surface area contributed by atoms with Crippen molar-refractivity contribution in [2.24, 2.45) is 0 Å². The Morgan fingerprint density at radius 1 is 0.931 bits per heavy atom. The molecule has 29 heavy (non-hydrogen) atoms. The quantitative estimate of drug-likeness (QED) is 0.429.